The maximum atomic E-state index is 12.8. The summed E-state index contributed by atoms with van der Waals surface area (Å²) < 4.78 is 30.9. The number of halogens is 2. The van der Waals surface area contributed by atoms with Gasteiger partial charge in [-0.05, 0) is 60.4 Å². The van der Waals surface area contributed by atoms with Gasteiger partial charge in [-0.3, -0.25) is 4.79 Å². The number of thiophene rings is 1. The van der Waals surface area contributed by atoms with Gasteiger partial charge in [-0.25, -0.2) is 0 Å². The summed E-state index contributed by atoms with van der Waals surface area (Å²) in [5.41, 5.74) is 2.60. The van der Waals surface area contributed by atoms with Crippen LogP contribution in [-0.4, -0.2) is 33.0 Å². The van der Waals surface area contributed by atoms with Crippen molar-refractivity contribution >= 4 is 34.0 Å². The van der Waals surface area contributed by atoms with Crippen LogP contribution in [0.2, 0.25) is 0 Å². The molecule has 11 heteroatoms. The zero-order chi connectivity index (χ0) is 26.7. The predicted octanol–water partition coefficient (Wildman–Crippen LogP) is 6.29. The van der Waals surface area contributed by atoms with Crippen LogP contribution in [0.25, 0.3) is 11.4 Å². The second-order valence-electron chi connectivity index (χ2n) is 9.71. The molecule has 0 spiro atoms. The Labute approximate surface area is 223 Å². The van der Waals surface area contributed by atoms with Crippen molar-refractivity contribution in [2.45, 2.75) is 58.2 Å². The lowest BCUT2D eigenvalue weighted by Gasteiger charge is -2.36. The van der Waals surface area contributed by atoms with Crippen molar-refractivity contribution in [1.82, 2.24) is 14.8 Å². The zero-order valence-corrected chi connectivity index (χ0v) is 22.8. The normalized spacial score (nSPS) is 15.4. The molecule has 0 radical (unpaired) electrons. The highest BCUT2D eigenvalue weighted by Gasteiger charge is 2.34. The second kappa shape index (κ2) is 11.2. The maximum absolute atomic E-state index is 12.8. The van der Waals surface area contributed by atoms with E-state index < -0.39 is 6.61 Å². The fourth-order valence-electron chi connectivity index (χ4n) is 4.52. The summed E-state index contributed by atoms with van der Waals surface area (Å²) in [4.78, 5) is 14.0. The molecule has 0 saturated carbocycles. The molecule has 1 N–H and O–H groups in total. The number of hydrogen-bond acceptors (Lipinski definition) is 7. The average Bonchev–Trinajstić information content (AvgIpc) is 3.41. The van der Waals surface area contributed by atoms with E-state index in [1.165, 1.54) is 40.1 Å². The molecule has 0 fully saturated rings. The van der Waals surface area contributed by atoms with Crippen LogP contribution in [0.5, 0.6) is 5.75 Å². The van der Waals surface area contributed by atoms with E-state index in [1.807, 2.05) is 0 Å². The first-order chi connectivity index (χ1) is 17.6. The van der Waals surface area contributed by atoms with E-state index >= 15 is 0 Å². The van der Waals surface area contributed by atoms with Gasteiger partial charge in [-0.15, -0.1) is 21.5 Å². The van der Waals surface area contributed by atoms with Crippen molar-refractivity contribution in [3.63, 3.8) is 0 Å². The number of alkyl halides is 2. The zero-order valence-electron chi connectivity index (χ0n) is 21.2. The van der Waals surface area contributed by atoms with E-state index in [0.29, 0.717) is 33.0 Å². The third-order valence-electron chi connectivity index (χ3n) is 7.15. The number of hydrogen-bond donors (Lipinski definition) is 1. The molecule has 1 aromatic carbocycles. The Balaban J connectivity index is 1.40. The highest BCUT2D eigenvalue weighted by atomic mass is 32.2. The summed E-state index contributed by atoms with van der Waals surface area (Å²) in [6.45, 7) is 3.94. The fraction of sp³-hybridized carbons (Fsp3) is 0.462. The first-order valence-electron chi connectivity index (χ1n) is 12.0. The number of nitrogens with one attached hydrogen (secondary N) is 1. The number of ether oxygens (including phenoxy) is 1. The molecule has 1 aliphatic carbocycles. The summed E-state index contributed by atoms with van der Waals surface area (Å²) in [6, 6.07) is 8.43. The minimum absolute atomic E-state index is 0.0591. The average molecular weight is 546 g/mol. The number of carbonyl (C=O) groups excluding carboxylic acids is 1. The maximum Gasteiger partial charge on any atom is 0.387 e. The molecule has 37 heavy (non-hydrogen) atoms. The molecule has 1 amide bonds. The first kappa shape index (κ1) is 27.1. The van der Waals surface area contributed by atoms with Crippen molar-refractivity contribution in [3.8, 4) is 23.2 Å². The Bertz CT molecular complexity index is 1310. The molecule has 0 saturated heterocycles. The van der Waals surface area contributed by atoms with E-state index in [9.17, 15) is 18.8 Å². The smallest absolute Gasteiger partial charge is 0.387 e. The number of thioether (sulfide) groups is 1. The number of nitrogens with zero attached hydrogens (tertiary/aromatic N) is 4. The molecule has 1 atom stereocenters. The molecule has 7 nitrogen and oxygen atoms in total. The van der Waals surface area contributed by atoms with E-state index in [0.717, 1.165) is 31.2 Å². The topological polar surface area (TPSA) is 92.8 Å². The quantitative estimate of drug-likeness (QED) is 0.318. The van der Waals surface area contributed by atoms with Crippen molar-refractivity contribution in [1.29, 1.82) is 5.26 Å². The predicted molar refractivity (Wildman–Crippen MR) is 141 cm³/mol. The Morgan fingerprint density at radius 3 is 2.73 bits per heavy atom. The van der Waals surface area contributed by atoms with E-state index in [4.69, 9.17) is 0 Å². The van der Waals surface area contributed by atoms with Crippen LogP contribution >= 0.6 is 23.1 Å². The molecule has 1 unspecified atom stereocenters. The summed E-state index contributed by atoms with van der Waals surface area (Å²) in [5, 5.41) is 22.2. The van der Waals surface area contributed by atoms with Crippen LogP contribution in [0.1, 0.15) is 49.6 Å². The number of rotatable bonds is 9. The summed E-state index contributed by atoms with van der Waals surface area (Å²) >= 11 is 2.75. The lowest BCUT2D eigenvalue weighted by molar-refractivity contribution is -0.113. The van der Waals surface area contributed by atoms with Crippen LogP contribution in [-0.2, 0) is 24.7 Å². The number of carbonyl (C=O) groups is 1. The number of aromatic nitrogens is 3. The molecular weight excluding hydrogens is 516 g/mol. The van der Waals surface area contributed by atoms with E-state index in [1.54, 1.807) is 23.7 Å². The van der Waals surface area contributed by atoms with E-state index in [2.05, 4.69) is 47.1 Å². The largest absolute Gasteiger partial charge is 0.435 e. The highest BCUT2D eigenvalue weighted by molar-refractivity contribution is 7.99. The summed E-state index contributed by atoms with van der Waals surface area (Å²) in [5.74, 6) is 1.04. The molecule has 1 aliphatic rings. The van der Waals surface area contributed by atoms with Crippen molar-refractivity contribution in [2.24, 2.45) is 18.4 Å². The van der Waals surface area contributed by atoms with Crippen molar-refractivity contribution in [2.75, 3.05) is 11.1 Å². The van der Waals surface area contributed by atoms with Crippen LogP contribution in [0.4, 0.5) is 13.8 Å². The molecule has 196 valence electrons. The van der Waals surface area contributed by atoms with Gasteiger partial charge >= 0.3 is 6.61 Å². The number of nitriles is 1. The summed E-state index contributed by atoms with van der Waals surface area (Å²) in [6.07, 6.45) is 3.97. The third kappa shape index (κ3) is 5.96. The standard InChI is InChI=1S/C26H29F2N5O2S2/c1-5-26(2,3)16-8-11-18-19(13-29)23(37-20(18)12-16)30-21(34)14-36-25-32-31-22(33(25)4)15-6-9-17(10-7-15)35-24(27)28/h6-7,9-10,16,24H,5,8,11-12,14H2,1-4H3,(H,30,34). The van der Waals surface area contributed by atoms with Gasteiger partial charge in [0.15, 0.2) is 11.0 Å². The Morgan fingerprint density at radius 1 is 1.35 bits per heavy atom. The second-order valence-corrected chi connectivity index (χ2v) is 11.8. The summed E-state index contributed by atoms with van der Waals surface area (Å²) in [7, 11) is 1.77. The van der Waals surface area contributed by atoms with Gasteiger partial charge in [0, 0.05) is 17.5 Å². The monoisotopic (exact) mass is 545 g/mol. The molecule has 4 rings (SSSR count). The van der Waals surface area contributed by atoms with Crippen molar-refractivity contribution < 1.29 is 18.3 Å². The van der Waals surface area contributed by atoms with Gasteiger partial charge < -0.3 is 14.6 Å². The SMILES string of the molecule is CCC(C)(C)C1CCc2c(sc(NC(=O)CSc3nnc(-c4ccc(OC(F)F)cc4)n3C)c2C#N)C1. The minimum atomic E-state index is -2.89. The van der Waals surface area contributed by atoms with Crippen LogP contribution < -0.4 is 10.1 Å². The third-order valence-corrected chi connectivity index (χ3v) is 9.34. The number of fused-ring (bicyclic) bond motifs is 1. The molecule has 2 heterocycles. The molecular formula is C26H29F2N5O2S2. The van der Waals surface area contributed by atoms with Gasteiger partial charge in [-0.1, -0.05) is 39.0 Å². The van der Waals surface area contributed by atoms with Gasteiger partial charge in [0.2, 0.25) is 5.91 Å². The number of amides is 1. The fourth-order valence-corrected chi connectivity index (χ4v) is 6.52. The Morgan fingerprint density at radius 2 is 2.08 bits per heavy atom. The van der Waals surface area contributed by atoms with Crippen LogP contribution in [0.15, 0.2) is 29.4 Å². The molecule has 3 aromatic rings. The Kier molecular flexibility index (Phi) is 8.19. The number of benzene rings is 1. The van der Waals surface area contributed by atoms with Gasteiger partial charge in [-0.2, -0.15) is 14.0 Å². The van der Waals surface area contributed by atoms with Gasteiger partial charge in [0.25, 0.3) is 0 Å². The van der Waals surface area contributed by atoms with Crippen LogP contribution in [0, 0.1) is 22.7 Å². The van der Waals surface area contributed by atoms with E-state index in [-0.39, 0.29) is 22.8 Å². The highest BCUT2D eigenvalue weighted by Crippen LogP contribution is 2.45. The molecule has 2 aromatic heterocycles. The minimum Gasteiger partial charge on any atom is -0.435 e. The lowest BCUT2D eigenvalue weighted by atomic mass is 9.69. The lowest BCUT2D eigenvalue weighted by Crippen LogP contribution is -2.28. The first-order valence-corrected chi connectivity index (χ1v) is 13.8. The van der Waals surface area contributed by atoms with Crippen molar-refractivity contribution in [3.05, 3.63) is 40.3 Å². The van der Waals surface area contributed by atoms with Gasteiger partial charge in [0.05, 0.1) is 11.3 Å². The van der Waals surface area contributed by atoms with Gasteiger partial charge in [0.1, 0.15) is 16.8 Å². The number of anilines is 1. The Hall–Kier alpha value is -2.97. The molecule has 0 aliphatic heterocycles. The molecule has 0 bridgehead atoms. The van der Waals surface area contributed by atoms with Crippen LogP contribution in [0.3, 0.4) is 0 Å².